The van der Waals surface area contributed by atoms with Gasteiger partial charge in [0, 0.05) is 38.3 Å². The lowest BCUT2D eigenvalue weighted by Crippen LogP contribution is -2.51. The highest BCUT2D eigenvalue weighted by molar-refractivity contribution is 14.0. The number of rotatable bonds is 6. The summed E-state index contributed by atoms with van der Waals surface area (Å²) in [5, 5.41) is 7.20. The fourth-order valence-electron chi connectivity index (χ4n) is 5.13. The van der Waals surface area contributed by atoms with E-state index in [2.05, 4.69) is 52.8 Å². The van der Waals surface area contributed by atoms with Crippen molar-refractivity contribution >= 4 is 29.9 Å². The van der Waals surface area contributed by atoms with Gasteiger partial charge >= 0.3 is 0 Å². The maximum Gasteiger partial charge on any atom is 0.191 e. The minimum Gasteiger partial charge on any atom is -0.357 e. The van der Waals surface area contributed by atoms with Crippen LogP contribution in [0, 0.1) is 5.92 Å². The molecule has 4 rings (SSSR count). The number of hydrogen-bond acceptors (Lipinski definition) is 2. The normalized spacial score (nSPS) is 26.6. The van der Waals surface area contributed by atoms with Crippen molar-refractivity contribution in [2.24, 2.45) is 10.9 Å². The lowest BCUT2D eigenvalue weighted by Gasteiger charge is -2.39. The molecule has 2 saturated carbocycles. The summed E-state index contributed by atoms with van der Waals surface area (Å²) in [4.78, 5) is 7.69. The number of hydrogen-bond donors (Lipinski definition) is 2. The van der Waals surface area contributed by atoms with E-state index in [1.807, 2.05) is 0 Å². The molecule has 2 N–H and O–H groups in total. The number of aliphatic imine (C=N–C) groups is 1. The Morgan fingerprint density at radius 3 is 2.45 bits per heavy atom. The summed E-state index contributed by atoms with van der Waals surface area (Å²) in [6.07, 6.45) is 10.9. The number of piperidine rings is 1. The van der Waals surface area contributed by atoms with Gasteiger partial charge in [0.2, 0.25) is 0 Å². The van der Waals surface area contributed by atoms with Crippen molar-refractivity contribution in [2.75, 3.05) is 26.2 Å². The van der Waals surface area contributed by atoms with Crippen LogP contribution in [0.15, 0.2) is 35.3 Å². The van der Waals surface area contributed by atoms with Gasteiger partial charge in [0.1, 0.15) is 0 Å². The van der Waals surface area contributed by atoms with Gasteiger partial charge in [-0.1, -0.05) is 49.6 Å². The molecule has 2 aliphatic carbocycles. The van der Waals surface area contributed by atoms with E-state index in [0.717, 1.165) is 25.1 Å². The number of benzene rings is 1. The van der Waals surface area contributed by atoms with Gasteiger partial charge < -0.3 is 15.5 Å². The van der Waals surface area contributed by atoms with Gasteiger partial charge in [-0.15, -0.1) is 24.0 Å². The Labute approximate surface area is 194 Å². The molecule has 2 atom stereocenters. The lowest BCUT2D eigenvalue weighted by molar-refractivity contribution is 0.119. The topological polar surface area (TPSA) is 39.7 Å². The van der Waals surface area contributed by atoms with Gasteiger partial charge in [0.05, 0.1) is 0 Å². The molecule has 4 nitrogen and oxygen atoms in total. The molecule has 0 radical (unpaired) electrons. The average molecular weight is 511 g/mol. The van der Waals surface area contributed by atoms with Crippen molar-refractivity contribution < 1.29 is 0 Å². The zero-order valence-electron chi connectivity index (χ0n) is 18.0. The summed E-state index contributed by atoms with van der Waals surface area (Å²) < 4.78 is 0. The van der Waals surface area contributed by atoms with Crippen LogP contribution < -0.4 is 10.6 Å². The molecule has 0 amide bonds. The lowest BCUT2D eigenvalue weighted by atomic mass is 9.92. The Balaban J connectivity index is 0.00000240. The molecule has 0 spiro atoms. The molecule has 0 aromatic heterocycles. The molecule has 29 heavy (non-hydrogen) atoms. The maximum atomic E-state index is 4.94. The van der Waals surface area contributed by atoms with E-state index in [1.165, 1.54) is 70.0 Å². The third-order valence-electron chi connectivity index (χ3n) is 6.94. The van der Waals surface area contributed by atoms with E-state index < -0.39 is 0 Å². The number of nitrogens with zero attached hydrogens (tertiary/aromatic N) is 2. The molecule has 0 bridgehead atoms. The van der Waals surface area contributed by atoms with Crippen LogP contribution in [0.25, 0.3) is 0 Å². The molecule has 1 aromatic rings. The van der Waals surface area contributed by atoms with Gasteiger partial charge in [0.25, 0.3) is 0 Å². The van der Waals surface area contributed by atoms with Gasteiger partial charge in [-0.2, -0.15) is 0 Å². The van der Waals surface area contributed by atoms with Crippen molar-refractivity contribution in [3.8, 4) is 0 Å². The summed E-state index contributed by atoms with van der Waals surface area (Å²) in [6.45, 7) is 6.53. The summed E-state index contributed by atoms with van der Waals surface area (Å²) in [6, 6.07) is 12.4. The SMILES string of the molecule is CCNC(=NCC1CC1c1ccccc1)NC1CCN(C2CCCCC2)CC1.I. The van der Waals surface area contributed by atoms with Crippen LogP contribution in [0.2, 0.25) is 0 Å². The van der Waals surface area contributed by atoms with Crippen LogP contribution in [-0.2, 0) is 0 Å². The Hall–Kier alpha value is -0.820. The van der Waals surface area contributed by atoms with Crippen LogP contribution in [0.3, 0.4) is 0 Å². The molecular formula is C24H39IN4. The van der Waals surface area contributed by atoms with Crippen LogP contribution in [-0.4, -0.2) is 49.1 Å². The first-order valence-electron chi connectivity index (χ1n) is 11.7. The minimum absolute atomic E-state index is 0. The first kappa shape index (κ1) is 22.9. The zero-order valence-corrected chi connectivity index (χ0v) is 20.3. The minimum atomic E-state index is 0. The van der Waals surface area contributed by atoms with Gasteiger partial charge in [-0.25, -0.2) is 0 Å². The Kier molecular flexibility index (Phi) is 9.09. The van der Waals surface area contributed by atoms with Gasteiger partial charge in [-0.05, 0) is 56.4 Å². The highest BCUT2D eigenvalue weighted by Gasteiger charge is 2.37. The van der Waals surface area contributed by atoms with E-state index in [-0.39, 0.29) is 24.0 Å². The average Bonchev–Trinajstić information content (AvgIpc) is 3.54. The zero-order chi connectivity index (χ0) is 19.2. The van der Waals surface area contributed by atoms with Crippen molar-refractivity contribution in [1.82, 2.24) is 15.5 Å². The number of likely N-dealkylation sites (tertiary alicyclic amines) is 1. The first-order chi connectivity index (χ1) is 13.8. The predicted octanol–water partition coefficient (Wildman–Crippen LogP) is 4.76. The Morgan fingerprint density at radius 1 is 1.03 bits per heavy atom. The highest BCUT2D eigenvalue weighted by atomic mass is 127. The fourth-order valence-corrected chi connectivity index (χ4v) is 5.13. The summed E-state index contributed by atoms with van der Waals surface area (Å²) >= 11 is 0. The van der Waals surface area contributed by atoms with E-state index in [9.17, 15) is 0 Å². The fraction of sp³-hybridized carbons (Fsp3) is 0.708. The smallest absolute Gasteiger partial charge is 0.191 e. The van der Waals surface area contributed by atoms with E-state index >= 15 is 0 Å². The quantitative estimate of drug-likeness (QED) is 0.330. The number of halogens is 1. The molecule has 1 heterocycles. The van der Waals surface area contributed by atoms with Crippen molar-refractivity contribution in [1.29, 1.82) is 0 Å². The second-order valence-electron chi connectivity index (χ2n) is 8.98. The predicted molar refractivity (Wildman–Crippen MR) is 133 cm³/mol. The third-order valence-corrected chi connectivity index (χ3v) is 6.94. The van der Waals surface area contributed by atoms with Crippen LogP contribution in [0.4, 0.5) is 0 Å². The Morgan fingerprint density at radius 2 is 1.76 bits per heavy atom. The van der Waals surface area contributed by atoms with Crippen molar-refractivity contribution in [3.63, 3.8) is 0 Å². The van der Waals surface area contributed by atoms with Gasteiger partial charge in [-0.3, -0.25) is 4.99 Å². The van der Waals surface area contributed by atoms with Crippen LogP contribution in [0.1, 0.15) is 69.8 Å². The standard InChI is InChI=1S/C24H38N4.HI/c1-2-25-24(26-18-20-17-23(20)19-9-5-3-6-10-19)27-21-13-15-28(16-14-21)22-11-7-4-8-12-22;/h3,5-6,9-10,20-23H,2,4,7-8,11-18H2,1H3,(H2,25,26,27);1H. The third kappa shape index (κ3) is 6.58. The van der Waals surface area contributed by atoms with Crippen LogP contribution in [0.5, 0.6) is 0 Å². The molecule has 1 aliphatic heterocycles. The second kappa shape index (κ2) is 11.5. The first-order valence-corrected chi connectivity index (χ1v) is 11.7. The molecule has 1 saturated heterocycles. The Bertz CT molecular complexity index is 621. The number of guanidine groups is 1. The highest BCUT2D eigenvalue weighted by Crippen LogP contribution is 2.47. The van der Waals surface area contributed by atoms with Crippen molar-refractivity contribution in [3.05, 3.63) is 35.9 Å². The van der Waals surface area contributed by atoms with E-state index in [0.29, 0.717) is 17.9 Å². The molecule has 162 valence electrons. The monoisotopic (exact) mass is 510 g/mol. The largest absolute Gasteiger partial charge is 0.357 e. The van der Waals surface area contributed by atoms with Crippen molar-refractivity contribution in [2.45, 2.75) is 76.3 Å². The summed E-state index contributed by atoms with van der Waals surface area (Å²) in [5.74, 6) is 2.45. The van der Waals surface area contributed by atoms with E-state index in [4.69, 9.17) is 4.99 Å². The molecule has 2 unspecified atom stereocenters. The number of nitrogens with one attached hydrogen (secondary N) is 2. The van der Waals surface area contributed by atoms with E-state index in [1.54, 1.807) is 0 Å². The summed E-state index contributed by atoms with van der Waals surface area (Å²) in [5.41, 5.74) is 1.48. The molecule has 3 aliphatic rings. The maximum absolute atomic E-state index is 4.94. The molecule has 1 aromatic carbocycles. The second-order valence-corrected chi connectivity index (χ2v) is 8.98. The van der Waals surface area contributed by atoms with Gasteiger partial charge in [0.15, 0.2) is 5.96 Å². The molecule has 5 heteroatoms. The molecular weight excluding hydrogens is 471 g/mol. The van der Waals surface area contributed by atoms with Crippen LogP contribution >= 0.6 is 24.0 Å². The summed E-state index contributed by atoms with van der Waals surface area (Å²) in [7, 11) is 0. The molecule has 3 fully saturated rings.